The molecule has 1 saturated carbocycles. The van der Waals surface area contributed by atoms with E-state index in [-0.39, 0.29) is 18.5 Å². The second-order valence-electron chi connectivity index (χ2n) is 4.98. The quantitative estimate of drug-likeness (QED) is 0.809. The van der Waals surface area contributed by atoms with E-state index < -0.39 is 5.54 Å². The Labute approximate surface area is 107 Å². The van der Waals surface area contributed by atoms with Gasteiger partial charge in [-0.05, 0) is 43.4 Å². The molecular formula is C14H19NO3. The fourth-order valence-electron chi connectivity index (χ4n) is 1.92. The van der Waals surface area contributed by atoms with Crippen molar-refractivity contribution in [1.29, 1.82) is 0 Å². The van der Waals surface area contributed by atoms with Crippen LogP contribution in [0.25, 0.3) is 0 Å². The molecule has 0 bridgehead atoms. The molecule has 2 rings (SSSR count). The minimum Gasteiger partial charge on any atom is -0.497 e. The predicted molar refractivity (Wildman–Crippen MR) is 68.1 cm³/mol. The molecule has 1 aliphatic carbocycles. The van der Waals surface area contributed by atoms with Gasteiger partial charge in [-0.3, -0.25) is 4.79 Å². The van der Waals surface area contributed by atoms with E-state index in [1.54, 1.807) is 14.0 Å². The summed E-state index contributed by atoms with van der Waals surface area (Å²) < 4.78 is 10.4. The summed E-state index contributed by atoms with van der Waals surface area (Å²) in [4.78, 5) is 11.9. The lowest BCUT2D eigenvalue weighted by Gasteiger charge is -2.22. The van der Waals surface area contributed by atoms with Gasteiger partial charge in [0.05, 0.1) is 7.11 Å². The summed E-state index contributed by atoms with van der Waals surface area (Å²) in [6.45, 7) is 1.98. The van der Waals surface area contributed by atoms with Gasteiger partial charge in [0.2, 0.25) is 0 Å². The maximum atomic E-state index is 11.9. The van der Waals surface area contributed by atoms with Gasteiger partial charge < -0.3 is 15.2 Å². The van der Waals surface area contributed by atoms with Gasteiger partial charge in [0, 0.05) is 0 Å². The standard InChI is InChI=1S/C14H19NO3/c1-14(15,11-6-7-11)13(16)18-9-10-4-3-5-12(8-10)17-2/h3-5,8,11H,6-7,9,15H2,1-2H3. The lowest BCUT2D eigenvalue weighted by atomic mass is 9.98. The van der Waals surface area contributed by atoms with E-state index in [0.29, 0.717) is 0 Å². The highest BCUT2D eigenvalue weighted by molar-refractivity contribution is 5.81. The first-order valence-electron chi connectivity index (χ1n) is 6.13. The van der Waals surface area contributed by atoms with E-state index in [4.69, 9.17) is 15.2 Å². The van der Waals surface area contributed by atoms with Gasteiger partial charge in [0.25, 0.3) is 0 Å². The molecule has 0 radical (unpaired) electrons. The number of methoxy groups -OCH3 is 1. The van der Waals surface area contributed by atoms with Crippen molar-refractivity contribution in [2.24, 2.45) is 11.7 Å². The van der Waals surface area contributed by atoms with Crippen molar-refractivity contribution in [3.05, 3.63) is 29.8 Å². The maximum absolute atomic E-state index is 11.9. The monoisotopic (exact) mass is 249 g/mol. The van der Waals surface area contributed by atoms with Crippen LogP contribution in [0.4, 0.5) is 0 Å². The van der Waals surface area contributed by atoms with Crippen LogP contribution in [0.5, 0.6) is 5.75 Å². The largest absolute Gasteiger partial charge is 0.497 e. The molecule has 2 N–H and O–H groups in total. The lowest BCUT2D eigenvalue weighted by molar-refractivity contribution is -0.151. The fourth-order valence-corrected chi connectivity index (χ4v) is 1.92. The van der Waals surface area contributed by atoms with Crippen LogP contribution in [0.2, 0.25) is 0 Å². The summed E-state index contributed by atoms with van der Waals surface area (Å²) in [7, 11) is 1.61. The fraction of sp³-hybridized carbons (Fsp3) is 0.500. The van der Waals surface area contributed by atoms with Gasteiger partial charge in [-0.15, -0.1) is 0 Å². The van der Waals surface area contributed by atoms with Gasteiger partial charge >= 0.3 is 5.97 Å². The van der Waals surface area contributed by atoms with Crippen LogP contribution < -0.4 is 10.5 Å². The Bertz CT molecular complexity index is 438. The number of ether oxygens (including phenoxy) is 2. The third-order valence-corrected chi connectivity index (χ3v) is 3.37. The second-order valence-corrected chi connectivity index (χ2v) is 4.98. The van der Waals surface area contributed by atoms with E-state index in [1.807, 2.05) is 24.3 Å². The first-order chi connectivity index (χ1) is 8.54. The highest BCUT2D eigenvalue weighted by atomic mass is 16.5. The van der Waals surface area contributed by atoms with Gasteiger partial charge in [0.15, 0.2) is 0 Å². The molecule has 0 aliphatic heterocycles. The number of hydrogen-bond acceptors (Lipinski definition) is 4. The van der Waals surface area contributed by atoms with Crippen LogP contribution in [0, 0.1) is 5.92 Å². The zero-order valence-electron chi connectivity index (χ0n) is 10.8. The molecule has 4 nitrogen and oxygen atoms in total. The minimum atomic E-state index is -0.848. The average molecular weight is 249 g/mol. The van der Waals surface area contributed by atoms with Gasteiger partial charge in [-0.25, -0.2) is 0 Å². The topological polar surface area (TPSA) is 61.5 Å². The molecule has 18 heavy (non-hydrogen) atoms. The Hall–Kier alpha value is -1.55. The van der Waals surface area contributed by atoms with E-state index in [9.17, 15) is 4.79 Å². The summed E-state index contributed by atoms with van der Waals surface area (Å²) in [5, 5.41) is 0. The highest BCUT2D eigenvalue weighted by Gasteiger charge is 2.45. The first-order valence-corrected chi connectivity index (χ1v) is 6.13. The van der Waals surface area contributed by atoms with E-state index in [1.165, 1.54) is 0 Å². The number of esters is 1. The summed E-state index contributed by atoms with van der Waals surface area (Å²) in [6, 6.07) is 7.45. The summed E-state index contributed by atoms with van der Waals surface area (Å²) in [6.07, 6.45) is 2.03. The van der Waals surface area contributed by atoms with E-state index in [2.05, 4.69) is 0 Å². The van der Waals surface area contributed by atoms with E-state index in [0.717, 1.165) is 24.2 Å². The molecule has 1 fully saturated rings. The smallest absolute Gasteiger partial charge is 0.326 e. The summed E-state index contributed by atoms with van der Waals surface area (Å²) in [5.41, 5.74) is 6.04. The third kappa shape index (κ3) is 2.82. The molecule has 0 saturated heterocycles. The van der Waals surface area contributed by atoms with Crippen LogP contribution >= 0.6 is 0 Å². The number of benzene rings is 1. The Morgan fingerprint density at radius 1 is 1.50 bits per heavy atom. The first kappa shape index (κ1) is 12.9. The SMILES string of the molecule is COc1cccc(COC(=O)C(C)(N)C2CC2)c1. The highest BCUT2D eigenvalue weighted by Crippen LogP contribution is 2.38. The van der Waals surface area contributed by atoms with Crippen molar-refractivity contribution < 1.29 is 14.3 Å². The van der Waals surface area contributed by atoms with Crippen molar-refractivity contribution in [3.8, 4) is 5.75 Å². The molecule has 4 heteroatoms. The maximum Gasteiger partial charge on any atom is 0.326 e. The Morgan fingerprint density at radius 2 is 2.22 bits per heavy atom. The number of rotatable bonds is 5. The second kappa shape index (κ2) is 4.98. The molecule has 0 amide bonds. The van der Waals surface area contributed by atoms with Crippen LogP contribution in [0.1, 0.15) is 25.3 Å². The molecule has 1 aliphatic rings. The Balaban J connectivity index is 1.92. The normalized spacial score (nSPS) is 17.9. The van der Waals surface area contributed by atoms with Crippen molar-refractivity contribution in [2.75, 3.05) is 7.11 Å². The average Bonchev–Trinajstić information content (AvgIpc) is 3.20. The number of nitrogens with two attached hydrogens (primary N) is 1. The number of carbonyl (C=O) groups is 1. The number of carbonyl (C=O) groups excluding carboxylic acids is 1. The van der Waals surface area contributed by atoms with Crippen molar-refractivity contribution in [3.63, 3.8) is 0 Å². The van der Waals surface area contributed by atoms with Gasteiger partial charge in [-0.2, -0.15) is 0 Å². The van der Waals surface area contributed by atoms with Crippen molar-refractivity contribution in [1.82, 2.24) is 0 Å². The molecule has 1 unspecified atom stereocenters. The zero-order chi connectivity index (χ0) is 13.2. The van der Waals surface area contributed by atoms with Crippen LogP contribution in [0.15, 0.2) is 24.3 Å². The summed E-state index contributed by atoms with van der Waals surface area (Å²) >= 11 is 0. The lowest BCUT2D eigenvalue weighted by Crippen LogP contribution is -2.48. The van der Waals surface area contributed by atoms with Crippen LogP contribution in [0.3, 0.4) is 0 Å². The number of hydrogen-bond donors (Lipinski definition) is 1. The molecule has 0 spiro atoms. The van der Waals surface area contributed by atoms with Crippen molar-refractivity contribution >= 4 is 5.97 Å². The minimum absolute atomic E-state index is 0.232. The molecule has 1 aromatic carbocycles. The molecule has 0 aromatic heterocycles. The summed E-state index contributed by atoms with van der Waals surface area (Å²) in [5.74, 6) is 0.699. The Morgan fingerprint density at radius 3 is 2.83 bits per heavy atom. The van der Waals surface area contributed by atoms with Gasteiger partial charge in [0.1, 0.15) is 17.9 Å². The van der Waals surface area contributed by atoms with Crippen molar-refractivity contribution in [2.45, 2.75) is 31.9 Å². The molecule has 0 heterocycles. The Kier molecular flexibility index (Phi) is 3.57. The molecule has 1 aromatic rings. The van der Waals surface area contributed by atoms with Crippen LogP contribution in [-0.4, -0.2) is 18.6 Å². The predicted octanol–water partition coefficient (Wildman–Crippen LogP) is 1.87. The molecule has 1 atom stereocenters. The molecular weight excluding hydrogens is 230 g/mol. The van der Waals surface area contributed by atoms with Crippen LogP contribution in [-0.2, 0) is 16.1 Å². The van der Waals surface area contributed by atoms with Gasteiger partial charge in [-0.1, -0.05) is 12.1 Å². The van der Waals surface area contributed by atoms with E-state index >= 15 is 0 Å². The third-order valence-electron chi connectivity index (χ3n) is 3.37. The zero-order valence-corrected chi connectivity index (χ0v) is 10.8. The molecule has 98 valence electrons.